The van der Waals surface area contributed by atoms with E-state index in [9.17, 15) is 4.79 Å². The molecule has 1 aliphatic carbocycles. The highest BCUT2D eigenvalue weighted by atomic mass is 127. The van der Waals surface area contributed by atoms with Crippen LogP contribution in [-0.2, 0) is 11.3 Å². The summed E-state index contributed by atoms with van der Waals surface area (Å²) in [7, 11) is 1.92. The fourth-order valence-corrected chi connectivity index (χ4v) is 2.42. The summed E-state index contributed by atoms with van der Waals surface area (Å²) in [6.07, 6.45) is 2.15. The first-order chi connectivity index (χ1) is 11.0. The zero-order valence-corrected chi connectivity index (χ0v) is 17.7. The largest absolute Gasteiger partial charge is 0.357 e. The van der Waals surface area contributed by atoms with Crippen molar-refractivity contribution in [3.63, 3.8) is 0 Å². The molecule has 2 N–H and O–H groups in total. The molecule has 8 heteroatoms. The summed E-state index contributed by atoms with van der Waals surface area (Å²) in [5.74, 6) is 0.648. The Kier molecular flexibility index (Phi) is 9.15. The molecular weight excluding hydrogens is 462 g/mol. The first kappa shape index (κ1) is 21.3. The lowest BCUT2D eigenvalue weighted by Gasteiger charge is -2.22. The molecule has 1 saturated carbocycles. The number of carbonyl (C=O) groups excluding carboxylic acids is 1. The summed E-state index contributed by atoms with van der Waals surface area (Å²) in [5, 5.41) is 7.19. The fraction of sp³-hybridized carbons (Fsp3) is 0.500. The first-order valence-corrected chi connectivity index (χ1v) is 8.48. The van der Waals surface area contributed by atoms with Gasteiger partial charge in [-0.1, -0.05) is 29.3 Å². The van der Waals surface area contributed by atoms with Crippen molar-refractivity contribution in [2.24, 2.45) is 4.99 Å². The van der Waals surface area contributed by atoms with E-state index >= 15 is 0 Å². The van der Waals surface area contributed by atoms with Gasteiger partial charge in [0.2, 0.25) is 5.91 Å². The number of hydrogen-bond acceptors (Lipinski definition) is 2. The third-order valence-electron chi connectivity index (χ3n) is 3.42. The molecule has 1 fully saturated rings. The second kappa shape index (κ2) is 10.3. The summed E-state index contributed by atoms with van der Waals surface area (Å²) in [5.41, 5.74) is 1.02. The van der Waals surface area contributed by atoms with Crippen LogP contribution in [0.5, 0.6) is 0 Å². The number of benzene rings is 1. The van der Waals surface area contributed by atoms with E-state index in [2.05, 4.69) is 15.6 Å². The van der Waals surface area contributed by atoms with Crippen LogP contribution in [0.4, 0.5) is 0 Å². The van der Waals surface area contributed by atoms with Gasteiger partial charge in [-0.25, -0.2) is 4.99 Å². The molecule has 0 aliphatic heterocycles. The number of nitrogens with one attached hydrogen (secondary N) is 2. The number of halogens is 3. The molecule has 24 heavy (non-hydrogen) atoms. The van der Waals surface area contributed by atoms with Gasteiger partial charge in [0.05, 0.1) is 10.0 Å². The van der Waals surface area contributed by atoms with Crippen LogP contribution in [0.2, 0.25) is 10.0 Å². The predicted molar refractivity (Wildman–Crippen MR) is 110 cm³/mol. The van der Waals surface area contributed by atoms with Crippen LogP contribution in [0.25, 0.3) is 0 Å². The lowest BCUT2D eigenvalue weighted by molar-refractivity contribution is -0.119. The van der Waals surface area contributed by atoms with Gasteiger partial charge in [-0.15, -0.1) is 24.0 Å². The van der Waals surface area contributed by atoms with Gasteiger partial charge in [0.1, 0.15) is 6.54 Å². The lowest BCUT2D eigenvalue weighted by Crippen LogP contribution is -2.39. The number of carbonyl (C=O) groups is 1. The van der Waals surface area contributed by atoms with E-state index in [0.717, 1.165) is 24.9 Å². The van der Waals surface area contributed by atoms with Gasteiger partial charge < -0.3 is 15.5 Å². The van der Waals surface area contributed by atoms with Gasteiger partial charge in [0.15, 0.2) is 5.96 Å². The average Bonchev–Trinajstić information content (AvgIpc) is 3.31. The smallest absolute Gasteiger partial charge is 0.242 e. The van der Waals surface area contributed by atoms with E-state index in [1.165, 1.54) is 0 Å². The van der Waals surface area contributed by atoms with Gasteiger partial charge in [0.25, 0.3) is 0 Å². The number of rotatable bonds is 6. The maximum atomic E-state index is 11.8. The van der Waals surface area contributed by atoms with Crippen molar-refractivity contribution in [3.05, 3.63) is 33.8 Å². The third-order valence-corrected chi connectivity index (χ3v) is 4.15. The summed E-state index contributed by atoms with van der Waals surface area (Å²) in [6.45, 7) is 3.47. The molecule has 0 saturated heterocycles. The topological polar surface area (TPSA) is 56.7 Å². The van der Waals surface area contributed by atoms with Crippen molar-refractivity contribution < 1.29 is 4.79 Å². The van der Waals surface area contributed by atoms with Gasteiger partial charge in [-0.2, -0.15) is 0 Å². The Morgan fingerprint density at radius 2 is 2.04 bits per heavy atom. The highest BCUT2D eigenvalue weighted by Crippen LogP contribution is 2.23. The van der Waals surface area contributed by atoms with Crippen LogP contribution in [0.15, 0.2) is 23.2 Å². The quantitative estimate of drug-likeness (QED) is 0.370. The minimum Gasteiger partial charge on any atom is -0.357 e. The Morgan fingerprint density at radius 1 is 1.33 bits per heavy atom. The van der Waals surface area contributed by atoms with E-state index in [0.29, 0.717) is 28.6 Å². The van der Waals surface area contributed by atoms with Crippen molar-refractivity contribution in [2.75, 3.05) is 20.1 Å². The lowest BCUT2D eigenvalue weighted by atomic mass is 10.2. The number of hydrogen-bond donors (Lipinski definition) is 2. The van der Waals surface area contributed by atoms with Crippen LogP contribution in [0.1, 0.15) is 25.3 Å². The Bertz CT molecular complexity index is 593. The average molecular weight is 485 g/mol. The molecule has 5 nitrogen and oxygen atoms in total. The predicted octanol–water partition coefficient (Wildman–Crippen LogP) is 3.29. The Morgan fingerprint density at radius 3 is 2.62 bits per heavy atom. The number of nitrogens with zero attached hydrogens (tertiary/aromatic N) is 2. The van der Waals surface area contributed by atoms with Gasteiger partial charge >= 0.3 is 0 Å². The molecule has 134 valence electrons. The molecule has 2 rings (SSSR count). The van der Waals surface area contributed by atoms with E-state index in [4.69, 9.17) is 23.2 Å². The van der Waals surface area contributed by atoms with E-state index in [1.54, 1.807) is 6.07 Å². The molecule has 0 spiro atoms. The second-order valence-corrected chi connectivity index (χ2v) is 6.43. The number of aliphatic imine (C=N–C) groups is 1. The van der Waals surface area contributed by atoms with Gasteiger partial charge in [-0.3, -0.25) is 4.79 Å². The van der Waals surface area contributed by atoms with Crippen molar-refractivity contribution in [1.29, 1.82) is 0 Å². The van der Waals surface area contributed by atoms with Crippen LogP contribution >= 0.6 is 47.2 Å². The second-order valence-electron chi connectivity index (χ2n) is 5.62. The SMILES string of the molecule is CCNC(=NCC(=O)NC1CC1)N(C)Cc1ccc(Cl)c(Cl)c1.I. The molecule has 0 bridgehead atoms. The summed E-state index contributed by atoms with van der Waals surface area (Å²) in [4.78, 5) is 18.1. The molecule has 1 aromatic rings. The number of guanidine groups is 1. The molecule has 1 aromatic carbocycles. The van der Waals surface area contributed by atoms with Crippen LogP contribution in [0.3, 0.4) is 0 Å². The molecule has 1 amide bonds. The highest BCUT2D eigenvalue weighted by molar-refractivity contribution is 14.0. The third kappa shape index (κ3) is 7.03. The molecule has 0 heterocycles. The summed E-state index contributed by atoms with van der Waals surface area (Å²) in [6, 6.07) is 5.90. The van der Waals surface area contributed by atoms with Crippen molar-refractivity contribution in [1.82, 2.24) is 15.5 Å². The highest BCUT2D eigenvalue weighted by Gasteiger charge is 2.23. The van der Waals surface area contributed by atoms with Gasteiger partial charge in [0, 0.05) is 26.2 Å². The molecule has 0 atom stereocenters. The van der Waals surface area contributed by atoms with E-state index < -0.39 is 0 Å². The molecular formula is C16H23Cl2IN4O. The number of amides is 1. The molecule has 0 aromatic heterocycles. The van der Waals surface area contributed by atoms with E-state index in [-0.39, 0.29) is 36.4 Å². The monoisotopic (exact) mass is 484 g/mol. The molecule has 0 radical (unpaired) electrons. The minimum absolute atomic E-state index is 0. The Labute approximate surface area is 170 Å². The Hall–Kier alpha value is -0.730. The Balaban J connectivity index is 0.00000288. The molecule has 1 aliphatic rings. The standard InChI is InChI=1S/C16H22Cl2N4O.HI/c1-3-19-16(20-9-15(23)21-12-5-6-12)22(2)10-11-4-7-13(17)14(18)8-11;/h4,7-8,12H,3,5-6,9-10H2,1-2H3,(H,19,20)(H,21,23);1H. The molecule has 0 unspecified atom stereocenters. The maximum absolute atomic E-state index is 11.8. The van der Waals surface area contributed by atoms with Crippen molar-refractivity contribution in [3.8, 4) is 0 Å². The van der Waals surface area contributed by atoms with Gasteiger partial charge in [-0.05, 0) is 37.5 Å². The minimum atomic E-state index is -0.0363. The normalized spacial score (nSPS) is 13.9. The van der Waals surface area contributed by atoms with Crippen molar-refractivity contribution >= 4 is 59.0 Å². The van der Waals surface area contributed by atoms with Crippen LogP contribution in [-0.4, -0.2) is 42.9 Å². The summed E-state index contributed by atoms with van der Waals surface area (Å²) < 4.78 is 0. The van der Waals surface area contributed by atoms with Crippen molar-refractivity contribution in [2.45, 2.75) is 32.4 Å². The summed E-state index contributed by atoms with van der Waals surface area (Å²) >= 11 is 12.0. The maximum Gasteiger partial charge on any atom is 0.242 e. The fourth-order valence-electron chi connectivity index (χ4n) is 2.10. The zero-order chi connectivity index (χ0) is 16.8. The zero-order valence-electron chi connectivity index (χ0n) is 13.8. The van der Waals surface area contributed by atoms with E-state index in [1.807, 2.05) is 31.0 Å². The van der Waals surface area contributed by atoms with Crippen LogP contribution < -0.4 is 10.6 Å². The first-order valence-electron chi connectivity index (χ1n) is 7.72. The van der Waals surface area contributed by atoms with Crippen LogP contribution in [0, 0.1) is 0 Å².